The number of hydrogen-bond donors (Lipinski definition) is 1. The van der Waals surface area contributed by atoms with E-state index in [1.165, 1.54) is 11.3 Å². The van der Waals surface area contributed by atoms with Crippen LogP contribution in [0.3, 0.4) is 0 Å². The van der Waals surface area contributed by atoms with Crippen molar-refractivity contribution in [3.8, 4) is 21.7 Å². The van der Waals surface area contributed by atoms with Crippen molar-refractivity contribution >= 4 is 61.9 Å². The second-order valence-electron chi connectivity index (χ2n) is 13.2. The Kier molecular flexibility index (Phi) is 7.46. The van der Waals surface area contributed by atoms with Gasteiger partial charge >= 0.3 is 12.0 Å². The number of anilines is 1. The molecule has 1 fully saturated rings. The summed E-state index contributed by atoms with van der Waals surface area (Å²) in [6, 6.07) is 15.3. The Hall–Kier alpha value is -3.99. The number of amides is 2. The molecule has 1 aliphatic rings. The molecule has 1 N–H and O–H groups in total. The van der Waals surface area contributed by atoms with Crippen molar-refractivity contribution in [3.63, 3.8) is 0 Å². The number of carboxylic acids is 1. The van der Waals surface area contributed by atoms with E-state index in [1.807, 2.05) is 92.0 Å². The van der Waals surface area contributed by atoms with Gasteiger partial charge in [-0.2, -0.15) is 5.10 Å². The van der Waals surface area contributed by atoms with E-state index in [0.717, 1.165) is 48.4 Å². The van der Waals surface area contributed by atoms with Gasteiger partial charge < -0.3 is 14.7 Å². The molecule has 45 heavy (non-hydrogen) atoms. The zero-order valence-electron chi connectivity index (χ0n) is 26.6. The van der Waals surface area contributed by atoms with Crippen molar-refractivity contribution in [2.24, 2.45) is 7.05 Å². The van der Waals surface area contributed by atoms with Gasteiger partial charge in [-0.1, -0.05) is 23.7 Å². The van der Waals surface area contributed by atoms with E-state index in [2.05, 4.69) is 0 Å². The molecule has 2 aromatic heterocycles. The lowest BCUT2D eigenvalue weighted by Crippen LogP contribution is -2.38. The van der Waals surface area contributed by atoms with E-state index in [0.29, 0.717) is 22.9 Å². The number of ether oxygens (including phenoxy) is 1. The summed E-state index contributed by atoms with van der Waals surface area (Å²) in [4.78, 5) is 34.4. The fourth-order valence-corrected chi connectivity index (χ4v) is 7.15. The van der Waals surface area contributed by atoms with Gasteiger partial charge in [0, 0.05) is 41.2 Å². The van der Waals surface area contributed by atoms with E-state index in [-0.39, 0.29) is 11.6 Å². The van der Waals surface area contributed by atoms with Gasteiger partial charge in [0.1, 0.15) is 5.01 Å². The lowest BCUT2D eigenvalue weighted by molar-refractivity contribution is -0.160. The summed E-state index contributed by atoms with van der Waals surface area (Å²) in [5, 5.41) is 17.3. The van der Waals surface area contributed by atoms with E-state index >= 15 is 0 Å². The number of carbonyl (C=O) groups excluding carboxylic acids is 1. The molecule has 0 saturated carbocycles. The van der Waals surface area contributed by atoms with Crippen LogP contribution in [-0.2, 0) is 16.6 Å². The predicted molar refractivity (Wildman–Crippen MR) is 180 cm³/mol. The first-order valence-electron chi connectivity index (χ1n) is 14.7. The average molecular weight is 646 g/mol. The van der Waals surface area contributed by atoms with E-state index in [4.69, 9.17) is 26.4 Å². The fourth-order valence-electron chi connectivity index (χ4n) is 5.91. The Balaban J connectivity index is 1.55. The van der Waals surface area contributed by atoms with Crippen LogP contribution in [0.1, 0.15) is 51.8 Å². The van der Waals surface area contributed by atoms with Crippen molar-refractivity contribution in [2.75, 3.05) is 18.5 Å². The summed E-state index contributed by atoms with van der Waals surface area (Å²) in [5.74, 6) is -0.450. The number of benzene rings is 3. The molecule has 0 aliphatic carbocycles. The van der Waals surface area contributed by atoms with Crippen LogP contribution in [0.25, 0.3) is 42.8 Å². The fraction of sp³-hybridized carbons (Fsp3) is 0.353. The highest BCUT2D eigenvalue weighted by Crippen LogP contribution is 2.45. The van der Waals surface area contributed by atoms with Gasteiger partial charge in [0.15, 0.2) is 11.9 Å². The molecule has 1 aliphatic heterocycles. The van der Waals surface area contributed by atoms with Gasteiger partial charge in [-0.05, 0) is 89.1 Å². The van der Waals surface area contributed by atoms with Gasteiger partial charge in [-0.25, -0.2) is 14.6 Å². The number of hydrogen-bond acceptors (Lipinski definition) is 6. The molecule has 0 radical (unpaired) electrons. The second kappa shape index (κ2) is 10.8. The van der Waals surface area contributed by atoms with Crippen LogP contribution in [-0.4, -0.2) is 61.5 Å². The lowest BCUT2D eigenvalue weighted by Gasteiger charge is -2.28. The lowest BCUT2D eigenvalue weighted by atomic mass is 9.91. The number of halogens is 1. The van der Waals surface area contributed by atoms with Crippen LogP contribution in [0, 0.1) is 6.92 Å². The smallest absolute Gasteiger partial charge is 0.337 e. The van der Waals surface area contributed by atoms with Crippen LogP contribution < -0.4 is 4.90 Å². The number of nitrogens with zero attached hydrogens (tertiary/aromatic N) is 5. The molecule has 2 amide bonds. The Morgan fingerprint density at radius 3 is 2.36 bits per heavy atom. The molecular formula is C34H36ClN5O4S. The monoisotopic (exact) mass is 645 g/mol. The van der Waals surface area contributed by atoms with E-state index in [9.17, 15) is 14.7 Å². The highest BCUT2D eigenvalue weighted by molar-refractivity contribution is 7.22. The number of carboxylic acid groups (broad SMARTS) is 1. The topological polar surface area (TPSA) is 101 Å². The van der Waals surface area contributed by atoms with Crippen LogP contribution in [0.15, 0.2) is 48.5 Å². The molecule has 0 spiro atoms. The zero-order chi connectivity index (χ0) is 32.6. The Labute approximate surface area is 271 Å². The van der Waals surface area contributed by atoms with Gasteiger partial charge in [0.05, 0.1) is 33.4 Å². The molecule has 3 heterocycles. The SMILES string of the molecule is Cc1cc2nc(-c3ccc4c(c3)c(N3CC(C)(C)N(C)C3=O)nn4C)sc2c(-c2ccc(Cl)cc2)c1[C@H](OC(C)(C)C)C(=O)O. The van der Waals surface area contributed by atoms with E-state index in [1.54, 1.807) is 26.6 Å². The largest absolute Gasteiger partial charge is 0.479 e. The molecule has 5 aromatic rings. The first-order valence-corrected chi connectivity index (χ1v) is 15.9. The minimum absolute atomic E-state index is 0.0912. The first kappa shape index (κ1) is 31.0. The summed E-state index contributed by atoms with van der Waals surface area (Å²) in [6.07, 6.45) is -1.19. The summed E-state index contributed by atoms with van der Waals surface area (Å²) in [5.41, 5.74) is 4.45. The van der Waals surface area contributed by atoms with E-state index < -0.39 is 17.7 Å². The third-order valence-electron chi connectivity index (χ3n) is 8.32. The second-order valence-corrected chi connectivity index (χ2v) is 14.7. The minimum Gasteiger partial charge on any atom is -0.479 e. The summed E-state index contributed by atoms with van der Waals surface area (Å²) in [6.45, 7) is 12.0. The summed E-state index contributed by atoms with van der Waals surface area (Å²) in [7, 11) is 3.69. The predicted octanol–water partition coefficient (Wildman–Crippen LogP) is 8.07. The Morgan fingerprint density at radius 2 is 1.76 bits per heavy atom. The van der Waals surface area contributed by atoms with Crippen molar-refractivity contribution < 1.29 is 19.4 Å². The maximum Gasteiger partial charge on any atom is 0.337 e. The molecule has 1 atom stereocenters. The number of rotatable bonds is 6. The van der Waals surface area contributed by atoms with Crippen LogP contribution in [0.5, 0.6) is 0 Å². The molecule has 9 nitrogen and oxygen atoms in total. The number of carbonyl (C=O) groups is 2. The van der Waals surface area contributed by atoms with Crippen LogP contribution >= 0.6 is 22.9 Å². The molecule has 0 unspecified atom stereocenters. The average Bonchev–Trinajstić information content (AvgIpc) is 3.59. The van der Waals surface area contributed by atoms with Gasteiger partial charge in [0.25, 0.3) is 0 Å². The highest BCUT2D eigenvalue weighted by Gasteiger charge is 2.43. The van der Waals surface area contributed by atoms with Crippen molar-refractivity contribution in [1.29, 1.82) is 0 Å². The number of aromatic nitrogens is 3. The maximum atomic E-state index is 13.2. The standard InChI is InChI=1S/C34H36ClN5O4S/c1-18-15-23-28(26(19-9-12-21(35)13-10-19)25(18)27(31(41)42)44-33(2,3)4)45-30(36-23)20-11-14-24-22(16-20)29(37-39(24)8)40-17-34(5,6)38(7)32(40)43/h9-16,27H,17H2,1-8H3,(H,41,42)/t27-/m0/s1. The zero-order valence-corrected chi connectivity index (χ0v) is 28.2. The van der Waals surface area contributed by atoms with Gasteiger partial charge in [-0.3, -0.25) is 9.58 Å². The van der Waals surface area contributed by atoms with Crippen LogP contribution in [0.4, 0.5) is 10.6 Å². The number of urea groups is 1. The van der Waals surface area contributed by atoms with Crippen LogP contribution in [0.2, 0.25) is 5.02 Å². The number of aliphatic carboxylic acids is 1. The third-order valence-corrected chi connectivity index (χ3v) is 9.71. The first-order chi connectivity index (χ1) is 21.1. The maximum absolute atomic E-state index is 13.2. The molecule has 6 rings (SSSR count). The minimum atomic E-state index is -1.19. The van der Waals surface area contributed by atoms with Crippen molar-refractivity contribution in [1.82, 2.24) is 19.7 Å². The Bertz CT molecular complexity index is 1990. The van der Waals surface area contributed by atoms with Crippen molar-refractivity contribution in [3.05, 3.63) is 64.7 Å². The highest BCUT2D eigenvalue weighted by atomic mass is 35.5. The molecule has 11 heteroatoms. The molecular weight excluding hydrogens is 610 g/mol. The third kappa shape index (κ3) is 5.45. The van der Waals surface area contributed by atoms with Gasteiger partial charge in [0.2, 0.25) is 0 Å². The number of aryl methyl sites for hydroxylation is 2. The number of fused-ring (bicyclic) bond motifs is 2. The molecule has 0 bridgehead atoms. The molecule has 1 saturated heterocycles. The van der Waals surface area contributed by atoms with Gasteiger partial charge in [-0.15, -0.1) is 11.3 Å². The molecule has 3 aromatic carbocycles. The normalized spacial score (nSPS) is 15.9. The summed E-state index contributed by atoms with van der Waals surface area (Å²) >= 11 is 7.74. The Morgan fingerprint density at radius 1 is 1.09 bits per heavy atom. The molecule has 234 valence electrons. The number of thiazole rings is 1. The van der Waals surface area contributed by atoms with Crippen molar-refractivity contribution in [2.45, 2.75) is 58.8 Å². The summed E-state index contributed by atoms with van der Waals surface area (Å²) < 4.78 is 8.79. The number of likely N-dealkylation sites (N-methyl/N-ethyl adjacent to an activating group) is 1. The quantitative estimate of drug-likeness (QED) is 0.200.